The number of benzene rings is 3. The number of nitrogens with zero attached hydrogens (tertiary/aromatic N) is 2. The summed E-state index contributed by atoms with van der Waals surface area (Å²) >= 11 is 0. The van der Waals surface area contributed by atoms with Crippen molar-refractivity contribution < 1.29 is 9.53 Å². The summed E-state index contributed by atoms with van der Waals surface area (Å²) in [7, 11) is 1.60. The van der Waals surface area contributed by atoms with Crippen LogP contribution in [0.15, 0.2) is 78.9 Å². The van der Waals surface area contributed by atoms with E-state index in [-0.39, 0.29) is 0 Å². The van der Waals surface area contributed by atoms with Gasteiger partial charge in [0, 0.05) is 12.2 Å². The van der Waals surface area contributed by atoms with E-state index in [1.807, 2.05) is 31.2 Å². The minimum atomic E-state index is 0.654. The fraction of sp³-hybridized carbons (Fsp3) is 0.167. The Morgan fingerprint density at radius 1 is 0.929 bits per heavy atom. The Morgan fingerprint density at radius 3 is 2.04 bits per heavy atom. The standard InChI is InChI=1S/C16H17NO.C8H7NO/c1-2-17(13-18)16-10-8-15(9-11-16)12-14-6-4-3-5-7-14;1-10-8-4-2-7(6-9)3-5-8/h3-11,13H,2,12H2,1H3;2-5H,1H3. The molecule has 0 aliphatic heterocycles. The van der Waals surface area contributed by atoms with Crippen LogP contribution in [0.2, 0.25) is 0 Å². The van der Waals surface area contributed by atoms with Crippen molar-refractivity contribution in [3.8, 4) is 11.8 Å². The average Bonchev–Trinajstić information content (AvgIpc) is 2.77. The molecule has 142 valence electrons. The van der Waals surface area contributed by atoms with Crippen LogP contribution in [-0.4, -0.2) is 20.1 Å². The second-order valence-electron chi connectivity index (χ2n) is 6.06. The van der Waals surface area contributed by atoms with Gasteiger partial charge in [0.15, 0.2) is 0 Å². The summed E-state index contributed by atoms with van der Waals surface area (Å²) in [5.74, 6) is 0.777. The zero-order chi connectivity index (χ0) is 20.2. The highest BCUT2D eigenvalue weighted by Gasteiger charge is 2.02. The largest absolute Gasteiger partial charge is 0.497 e. The summed E-state index contributed by atoms with van der Waals surface area (Å²) in [6, 6.07) is 27.5. The predicted molar refractivity (Wildman–Crippen MR) is 112 cm³/mol. The normalized spacial score (nSPS) is 9.46. The number of nitriles is 1. The van der Waals surface area contributed by atoms with Gasteiger partial charge in [0.25, 0.3) is 0 Å². The van der Waals surface area contributed by atoms with Gasteiger partial charge in [-0.25, -0.2) is 0 Å². The minimum absolute atomic E-state index is 0.654. The molecule has 4 nitrogen and oxygen atoms in total. The molecule has 1 amide bonds. The van der Waals surface area contributed by atoms with E-state index in [4.69, 9.17) is 10.00 Å². The summed E-state index contributed by atoms with van der Waals surface area (Å²) in [4.78, 5) is 12.5. The highest BCUT2D eigenvalue weighted by atomic mass is 16.5. The van der Waals surface area contributed by atoms with E-state index in [1.165, 1.54) is 11.1 Å². The number of methoxy groups -OCH3 is 1. The lowest BCUT2D eigenvalue weighted by Crippen LogP contribution is -2.19. The van der Waals surface area contributed by atoms with Crippen LogP contribution in [0, 0.1) is 11.3 Å². The molecule has 0 fully saturated rings. The second kappa shape index (κ2) is 11.2. The van der Waals surface area contributed by atoms with Crippen molar-refractivity contribution in [2.45, 2.75) is 13.3 Å². The first kappa shape index (κ1) is 20.7. The van der Waals surface area contributed by atoms with E-state index in [2.05, 4.69) is 36.4 Å². The van der Waals surface area contributed by atoms with E-state index < -0.39 is 0 Å². The predicted octanol–water partition coefficient (Wildman–Crippen LogP) is 4.83. The Kier molecular flexibility index (Phi) is 8.29. The molecule has 0 spiro atoms. The molecule has 3 rings (SSSR count). The van der Waals surface area contributed by atoms with Gasteiger partial charge < -0.3 is 9.64 Å². The van der Waals surface area contributed by atoms with Crippen LogP contribution in [0.3, 0.4) is 0 Å². The van der Waals surface area contributed by atoms with Crippen LogP contribution in [0.4, 0.5) is 5.69 Å². The van der Waals surface area contributed by atoms with Gasteiger partial charge in [0.1, 0.15) is 5.75 Å². The van der Waals surface area contributed by atoms with E-state index in [0.29, 0.717) is 12.1 Å². The number of hydrogen-bond acceptors (Lipinski definition) is 3. The Morgan fingerprint density at radius 2 is 1.54 bits per heavy atom. The highest BCUT2D eigenvalue weighted by Crippen LogP contribution is 2.16. The molecule has 0 bridgehead atoms. The van der Waals surface area contributed by atoms with Gasteiger partial charge in [-0.1, -0.05) is 42.5 Å². The number of anilines is 1. The Balaban J connectivity index is 0.000000237. The first-order valence-corrected chi connectivity index (χ1v) is 9.09. The lowest BCUT2D eigenvalue weighted by molar-refractivity contribution is -0.107. The van der Waals surface area contributed by atoms with Crippen LogP contribution >= 0.6 is 0 Å². The molecular formula is C24H24N2O2. The summed E-state index contributed by atoms with van der Waals surface area (Å²) < 4.78 is 4.90. The molecule has 0 N–H and O–H groups in total. The van der Waals surface area contributed by atoms with Gasteiger partial charge >= 0.3 is 0 Å². The maximum atomic E-state index is 10.8. The average molecular weight is 372 g/mol. The maximum Gasteiger partial charge on any atom is 0.214 e. The number of carbonyl (C=O) groups is 1. The quantitative estimate of drug-likeness (QED) is 0.583. The Labute approximate surface area is 166 Å². The number of carbonyl (C=O) groups excluding carboxylic acids is 1. The Bertz CT molecular complexity index is 883. The third kappa shape index (κ3) is 6.30. The molecule has 3 aromatic rings. The van der Waals surface area contributed by atoms with Crippen molar-refractivity contribution in [2.24, 2.45) is 0 Å². The van der Waals surface area contributed by atoms with E-state index in [9.17, 15) is 4.79 Å². The first-order valence-electron chi connectivity index (χ1n) is 9.09. The summed E-state index contributed by atoms with van der Waals surface area (Å²) in [5.41, 5.74) is 4.16. The molecule has 0 saturated carbocycles. The lowest BCUT2D eigenvalue weighted by atomic mass is 10.0. The summed E-state index contributed by atoms with van der Waals surface area (Å²) in [6.07, 6.45) is 1.79. The van der Waals surface area contributed by atoms with Crippen molar-refractivity contribution in [1.29, 1.82) is 5.26 Å². The lowest BCUT2D eigenvalue weighted by Gasteiger charge is -2.15. The number of hydrogen-bond donors (Lipinski definition) is 0. The third-order valence-corrected chi connectivity index (χ3v) is 4.21. The minimum Gasteiger partial charge on any atom is -0.497 e. The zero-order valence-electron chi connectivity index (χ0n) is 16.2. The maximum absolute atomic E-state index is 10.8. The molecule has 0 aromatic heterocycles. The van der Waals surface area contributed by atoms with Crippen LogP contribution in [-0.2, 0) is 11.2 Å². The zero-order valence-corrected chi connectivity index (χ0v) is 16.2. The third-order valence-electron chi connectivity index (χ3n) is 4.21. The molecular weight excluding hydrogens is 348 g/mol. The molecule has 0 aliphatic carbocycles. The van der Waals surface area contributed by atoms with Gasteiger partial charge in [-0.2, -0.15) is 5.26 Å². The van der Waals surface area contributed by atoms with Crippen molar-refractivity contribution >= 4 is 12.1 Å². The second-order valence-corrected chi connectivity index (χ2v) is 6.06. The number of ether oxygens (including phenoxy) is 1. The molecule has 0 aliphatic rings. The molecule has 3 aromatic carbocycles. The van der Waals surface area contributed by atoms with Crippen LogP contribution in [0.25, 0.3) is 0 Å². The smallest absolute Gasteiger partial charge is 0.214 e. The Hall–Kier alpha value is -3.58. The van der Waals surface area contributed by atoms with E-state index >= 15 is 0 Å². The van der Waals surface area contributed by atoms with Gasteiger partial charge in [-0.3, -0.25) is 4.79 Å². The molecule has 0 radical (unpaired) electrons. The van der Waals surface area contributed by atoms with E-state index in [1.54, 1.807) is 36.3 Å². The first-order chi connectivity index (χ1) is 13.7. The monoisotopic (exact) mass is 372 g/mol. The van der Waals surface area contributed by atoms with Crippen molar-refractivity contribution in [3.63, 3.8) is 0 Å². The fourth-order valence-electron chi connectivity index (χ4n) is 2.62. The molecule has 0 heterocycles. The summed E-state index contributed by atoms with van der Waals surface area (Å²) in [6.45, 7) is 2.66. The van der Waals surface area contributed by atoms with Crippen molar-refractivity contribution in [2.75, 3.05) is 18.6 Å². The highest BCUT2D eigenvalue weighted by molar-refractivity contribution is 5.74. The number of amides is 1. The van der Waals surface area contributed by atoms with Gasteiger partial charge in [0.05, 0.1) is 18.7 Å². The van der Waals surface area contributed by atoms with Crippen LogP contribution in [0.5, 0.6) is 5.75 Å². The van der Waals surface area contributed by atoms with Crippen LogP contribution < -0.4 is 9.64 Å². The topological polar surface area (TPSA) is 53.3 Å². The van der Waals surface area contributed by atoms with Gasteiger partial charge in [0.2, 0.25) is 6.41 Å². The van der Waals surface area contributed by atoms with E-state index in [0.717, 1.165) is 24.3 Å². The molecule has 4 heteroatoms. The molecule has 0 saturated heterocycles. The van der Waals surface area contributed by atoms with Gasteiger partial charge in [-0.05, 0) is 60.9 Å². The molecule has 0 atom stereocenters. The molecule has 28 heavy (non-hydrogen) atoms. The van der Waals surface area contributed by atoms with Gasteiger partial charge in [-0.15, -0.1) is 0 Å². The number of rotatable bonds is 6. The summed E-state index contributed by atoms with van der Waals surface area (Å²) in [5, 5.41) is 8.41. The van der Waals surface area contributed by atoms with Crippen molar-refractivity contribution in [1.82, 2.24) is 0 Å². The van der Waals surface area contributed by atoms with Crippen molar-refractivity contribution in [3.05, 3.63) is 95.6 Å². The molecule has 0 unspecified atom stereocenters. The SMILES string of the molecule is CCN(C=O)c1ccc(Cc2ccccc2)cc1.COc1ccc(C#N)cc1. The van der Waals surface area contributed by atoms with Crippen LogP contribution in [0.1, 0.15) is 23.6 Å². The fourth-order valence-corrected chi connectivity index (χ4v) is 2.62.